The zero-order valence-corrected chi connectivity index (χ0v) is 12.5. The first-order valence-corrected chi connectivity index (χ1v) is 6.81. The van der Waals surface area contributed by atoms with E-state index in [0.29, 0.717) is 0 Å². The van der Waals surface area contributed by atoms with Crippen molar-refractivity contribution < 1.29 is 9.19 Å². The molecule has 104 valence electrons. The van der Waals surface area contributed by atoms with E-state index in [0.717, 1.165) is 43.8 Å². The van der Waals surface area contributed by atoms with Crippen molar-refractivity contribution in [3.8, 4) is 0 Å². The Morgan fingerprint density at radius 2 is 1.29 bits per heavy atom. The highest BCUT2D eigenvalue weighted by Gasteiger charge is 2.32. The van der Waals surface area contributed by atoms with Gasteiger partial charge in [0.05, 0.1) is 19.6 Å². The fourth-order valence-corrected chi connectivity index (χ4v) is 2.29. The molecule has 0 fully saturated rings. The molecule has 0 radical (unpaired) electrons. The molecule has 3 nitrogen and oxygen atoms in total. The summed E-state index contributed by atoms with van der Waals surface area (Å²) < 4.78 is 1.01. The molecule has 0 unspecified atom stereocenters. The Balaban J connectivity index is 0. The van der Waals surface area contributed by atoms with Gasteiger partial charge in [-0.25, -0.2) is 4.99 Å². The SMILES string of the molecule is CC/N=C(\N(CC)CC)[N+](CC)(CC)CC.[F-]. The number of nitrogens with zero attached hydrogens (tertiary/aromatic N) is 3. The van der Waals surface area contributed by atoms with E-state index in [1.165, 1.54) is 5.96 Å². The van der Waals surface area contributed by atoms with Crippen LogP contribution in [0, 0.1) is 0 Å². The van der Waals surface area contributed by atoms with Gasteiger partial charge in [-0.15, -0.1) is 0 Å². The van der Waals surface area contributed by atoms with E-state index >= 15 is 0 Å². The van der Waals surface area contributed by atoms with E-state index in [2.05, 4.69) is 46.4 Å². The molecular weight excluding hydrogens is 217 g/mol. The summed E-state index contributed by atoms with van der Waals surface area (Å²) in [6.45, 7) is 19.7. The summed E-state index contributed by atoms with van der Waals surface area (Å²) in [5.41, 5.74) is 0. The average molecular weight is 247 g/mol. The van der Waals surface area contributed by atoms with Crippen molar-refractivity contribution >= 4 is 5.96 Å². The van der Waals surface area contributed by atoms with Crippen LogP contribution in [0.15, 0.2) is 4.99 Å². The second-order valence-corrected chi connectivity index (χ2v) is 4.04. The Hall–Kier alpha value is -0.640. The summed E-state index contributed by atoms with van der Waals surface area (Å²) in [5.74, 6) is 1.28. The van der Waals surface area contributed by atoms with Gasteiger partial charge in [-0.3, -0.25) is 4.48 Å². The lowest BCUT2D eigenvalue weighted by Gasteiger charge is -2.39. The molecule has 0 rings (SSSR count). The van der Waals surface area contributed by atoms with Gasteiger partial charge in [0.1, 0.15) is 0 Å². The van der Waals surface area contributed by atoms with Crippen LogP contribution in [0.1, 0.15) is 41.5 Å². The van der Waals surface area contributed by atoms with E-state index in [4.69, 9.17) is 4.99 Å². The summed E-state index contributed by atoms with van der Waals surface area (Å²) in [4.78, 5) is 7.17. The number of quaternary nitrogens is 1. The molecule has 0 amide bonds. The van der Waals surface area contributed by atoms with Crippen molar-refractivity contribution in [1.29, 1.82) is 0 Å². The summed E-state index contributed by atoms with van der Waals surface area (Å²) in [5, 5.41) is 0. The minimum Gasteiger partial charge on any atom is -1.00 e. The van der Waals surface area contributed by atoms with Gasteiger partial charge in [0.25, 0.3) is 5.96 Å². The van der Waals surface area contributed by atoms with Crippen LogP contribution in [0.5, 0.6) is 0 Å². The highest BCUT2D eigenvalue weighted by atomic mass is 19.0. The molecule has 0 spiro atoms. The van der Waals surface area contributed by atoms with Crippen LogP contribution in [-0.2, 0) is 0 Å². The van der Waals surface area contributed by atoms with Crippen LogP contribution < -0.4 is 4.70 Å². The molecule has 0 aliphatic heterocycles. The Labute approximate surface area is 106 Å². The van der Waals surface area contributed by atoms with Crippen LogP contribution >= 0.6 is 0 Å². The molecule has 0 aliphatic carbocycles. The van der Waals surface area contributed by atoms with E-state index in [1.54, 1.807) is 0 Å². The lowest BCUT2D eigenvalue weighted by atomic mass is 10.3. The van der Waals surface area contributed by atoms with Crippen LogP contribution in [0.25, 0.3) is 0 Å². The third kappa shape index (κ3) is 4.26. The van der Waals surface area contributed by atoms with Crippen molar-refractivity contribution in [2.75, 3.05) is 39.3 Å². The largest absolute Gasteiger partial charge is 1.00 e. The molecule has 0 N–H and O–H groups in total. The van der Waals surface area contributed by atoms with Crippen LogP contribution in [0.4, 0.5) is 0 Å². The highest BCUT2D eigenvalue weighted by Crippen LogP contribution is 2.12. The minimum absolute atomic E-state index is 0. The van der Waals surface area contributed by atoms with Crippen molar-refractivity contribution in [2.24, 2.45) is 4.99 Å². The lowest BCUT2D eigenvalue weighted by molar-refractivity contribution is -0.841. The van der Waals surface area contributed by atoms with Crippen molar-refractivity contribution in [3.63, 3.8) is 0 Å². The molecule has 0 saturated carbocycles. The molecular formula is C13H30FN3. The van der Waals surface area contributed by atoms with Crippen LogP contribution in [0.3, 0.4) is 0 Å². The smallest absolute Gasteiger partial charge is 0.300 e. The standard InChI is InChI=1S/C13H30N3.FH/c1-7-14-13(15(8-2)9-3)16(10-4,11-5)12-6;/h7-12H2,1-6H3;1H/q+1;/p-1/b14-13+;. The molecule has 0 saturated heterocycles. The van der Waals surface area contributed by atoms with Gasteiger partial charge >= 0.3 is 0 Å². The summed E-state index contributed by atoms with van der Waals surface area (Å²) in [7, 11) is 0. The Kier molecular flexibility index (Phi) is 10.3. The summed E-state index contributed by atoms with van der Waals surface area (Å²) in [6.07, 6.45) is 0. The maximum atomic E-state index is 4.77. The Morgan fingerprint density at radius 1 is 0.882 bits per heavy atom. The monoisotopic (exact) mass is 247 g/mol. The third-order valence-corrected chi connectivity index (χ3v) is 3.59. The molecule has 0 aromatic rings. The number of hydrogen-bond acceptors (Lipinski definition) is 1. The molecule has 0 aromatic heterocycles. The van der Waals surface area contributed by atoms with Crippen molar-refractivity contribution in [2.45, 2.75) is 41.5 Å². The fraction of sp³-hybridized carbons (Fsp3) is 0.923. The van der Waals surface area contributed by atoms with Gasteiger partial charge in [0.2, 0.25) is 0 Å². The topological polar surface area (TPSA) is 15.6 Å². The molecule has 0 heterocycles. The quantitative estimate of drug-likeness (QED) is 0.354. The second-order valence-electron chi connectivity index (χ2n) is 4.04. The van der Waals surface area contributed by atoms with Gasteiger partial charge in [0.15, 0.2) is 0 Å². The maximum absolute atomic E-state index is 4.77. The molecule has 0 aromatic carbocycles. The Bertz CT molecular complexity index is 200. The minimum atomic E-state index is 0. The predicted molar refractivity (Wildman–Crippen MR) is 72.8 cm³/mol. The van der Waals surface area contributed by atoms with E-state index in [-0.39, 0.29) is 4.70 Å². The number of hydrogen-bond donors (Lipinski definition) is 0. The highest BCUT2D eigenvalue weighted by molar-refractivity contribution is 5.73. The lowest BCUT2D eigenvalue weighted by Crippen LogP contribution is -3.00. The van der Waals surface area contributed by atoms with Crippen LogP contribution in [-0.4, -0.2) is 54.6 Å². The second kappa shape index (κ2) is 9.40. The average Bonchev–Trinajstić information content (AvgIpc) is 2.33. The third-order valence-electron chi connectivity index (χ3n) is 3.59. The summed E-state index contributed by atoms with van der Waals surface area (Å²) >= 11 is 0. The van der Waals surface area contributed by atoms with Crippen molar-refractivity contribution in [3.05, 3.63) is 0 Å². The molecule has 4 heteroatoms. The van der Waals surface area contributed by atoms with Crippen LogP contribution in [0.2, 0.25) is 0 Å². The number of halogens is 1. The first-order chi connectivity index (χ1) is 7.65. The summed E-state index contributed by atoms with van der Waals surface area (Å²) in [6, 6.07) is 0. The predicted octanol–water partition coefficient (Wildman–Crippen LogP) is -0.415. The van der Waals surface area contributed by atoms with E-state index in [1.807, 2.05) is 0 Å². The Morgan fingerprint density at radius 3 is 1.53 bits per heavy atom. The number of guanidine groups is 1. The number of rotatable bonds is 6. The first kappa shape index (κ1) is 18.7. The van der Waals surface area contributed by atoms with Gasteiger partial charge in [0, 0.05) is 19.6 Å². The maximum Gasteiger partial charge on any atom is 0.300 e. The van der Waals surface area contributed by atoms with E-state index in [9.17, 15) is 0 Å². The van der Waals surface area contributed by atoms with Gasteiger partial charge in [-0.2, -0.15) is 0 Å². The van der Waals surface area contributed by atoms with Gasteiger partial charge < -0.3 is 9.60 Å². The molecule has 0 aliphatic rings. The van der Waals surface area contributed by atoms with E-state index < -0.39 is 0 Å². The first-order valence-electron chi connectivity index (χ1n) is 6.81. The van der Waals surface area contributed by atoms with Crippen molar-refractivity contribution in [1.82, 2.24) is 4.90 Å². The molecule has 0 atom stereocenters. The fourth-order valence-electron chi connectivity index (χ4n) is 2.29. The molecule has 17 heavy (non-hydrogen) atoms. The normalized spacial score (nSPS) is 12.2. The molecule has 0 bridgehead atoms. The zero-order valence-electron chi connectivity index (χ0n) is 12.5. The van der Waals surface area contributed by atoms with Gasteiger partial charge in [-0.05, 0) is 41.5 Å². The number of aliphatic imine (C=N–C) groups is 1. The zero-order chi connectivity index (χ0) is 12.6. The van der Waals surface area contributed by atoms with Gasteiger partial charge in [-0.1, -0.05) is 0 Å².